The van der Waals surface area contributed by atoms with Crippen LogP contribution in [0.1, 0.15) is 6.92 Å². The molecule has 2 N–H and O–H groups in total. The van der Waals surface area contributed by atoms with Gasteiger partial charge in [-0.25, -0.2) is 0 Å². The second-order valence-electron chi connectivity index (χ2n) is 4.89. The summed E-state index contributed by atoms with van der Waals surface area (Å²) >= 11 is 0. The summed E-state index contributed by atoms with van der Waals surface area (Å²) in [5, 5.41) is 0. The lowest BCUT2D eigenvalue weighted by Gasteiger charge is -2.41. The van der Waals surface area contributed by atoms with Gasteiger partial charge >= 0.3 is 0 Å². The van der Waals surface area contributed by atoms with Crippen LogP contribution in [0, 0.1) is 0 Å². The monoisotopic (exact) mass is 243 g/mol. The molecular formula is C12H25N3O2. The lowest BCUT2D eigenvalue weighted by atomic mass is 10.1. The number of morpholine rings is 2. The largest absolute Gasteiger partial charge is 0.379 e. The first-order chi connectivity index (χ1) is 8.31. The maximum Gasteiger partial charge on any atom is 0.0854 e. The molecule has 0 saturated carbocycles. The van der Waals surface area contributed by atoms with Crippen LogP contribution in [0.25, 0.3) is 0 Å². The van der Waals surface area contributed by atoms with Crippen molar-refractivity contribution in [2.75, 3.05) is 59.1 Å². The molecule has 0 aromatic rings. The van der Waals surface area contributed by atoms with Crippen LogP contribution in [-0.2, 0) is 9.47 Å². The van der Waals surface area contributed by atoms with Gasteiger partial charge in [0.1, 0.15) is 0 Å². The summed E-state index contributed by atoms with van der Waals surface area (Å²) in [7, 11) is 0. The van der Waals surface area contributed by atoms with E-state index >= 15 is 0 Å². The lowest BCUT2D eigenvalue weighted by molar-refractivity contribution is -0.0828. The highest BCUT2D eigenvalue weighted by molar-refractivity contribution is 4.83. The summed E-state index contributed by atoms with van der Waals surface area (Å²) in [4.78, 5) is 4.88. The van der Waals surface area contributed by atoms with Crippen molar-refractivity contribution in [1.29, 1.82) is 0 Å². The van der Waals surface area contributed by atoms with Crippen molar-refractivity contribution in [2.45, 2.75) is 19.1 Å². The van der Waals surface area contributed by atoms with Crippen LogP contribution in [0.15, 0.2) is 0 Å². The van der Waals surface area contributed by atoms with E-state index in [4.69, 9.17) is 15.2 Å². The van der Waals surface area contributed by atoms with Gasteiger partial charge in [0.25, 0.3) is 0 Å². The number of hydrogen-bond acceptors (Lipinski definition) is 5. The molecule has 0 spiro atoms. The van der Waals surface area contributed by atoms with Crippen LogP contribution in [0.2, 0.25) is 0 Å². The van der Waals surface area contributed by atoms with Gasteiger partial charge in [-0.05, 0) is 6.92 Å². The van der Waals surface area contributed by atoms with Gasteiger partial charge in [-0.3, -0.25) is 9.80 Å². The van der Waals surface area contributed by atoms with E-state index in [0.717, 1.165) is 59.1 Å². The second-order valence-corrected chi connectivity index (χ2v) is 4.89. The maximum absolute atomic E-state index is 5.90. The van der Waals surface area contributed by atoms with Crippen molar-refractivity contribution < 1.29 is 9.47 Å². The molecule has 2 atom stereocenters. The lowest BCUT2D eigenvalue weighted by Crippen LogP contribution is -2.55. The first kappa shape index (κ1) is 13.2. The third-order valence-corrected chi connectivity index (χ3v) is 3.78. The molecule has 2 aliphatic heterocycles. The van der Waals surface area contributed by atoms with Crippen LogP contribution < -0.4 is 5.73 Å². The molecule has 2 unspecified atom stereocenters. The van der Waals surface area contributed by atoms with Gasteiger partial charge in [0.05, 0.1) is 25.9 Å². The van der Waals surface area contributed by atoms with E-state index < -0.39 is 0 Å². The van der Waals surface area contributed by atoms with Crippen LogP contribution >= 0.6 is 0 Å². The molecule has 2 heterocycles. The Morgan fingerprint density at radius 2 is 2.00 bits per heavy atom. The van der Waals surface area contributed by atoms with Crippen molar-refractivity contribution in [3.05, 3.63) is 0 Å². The first-order valence-corrected chi connectivity index (χ1v) is 6.67. The fraction of sp³-hybridized carbons (Fsp3) is 1.00. The number of rotatable bonds is 4. The third-order valence-electron chi connectivity index (χ3n) is 3.78. The van der Waals surface area contributed by atoms with Crippen LogP contribution in [-0.4, -0.2) is 81.0 Å². The zero-order valence-electron chi connectivity index (χ0n) is 10.8. The van der Waals surface area contributed by atoms with Gasteiger partial charge in [-0.15, -0.1) is 0 Å². The summed E-state index contributed by atoms with van der Waals surface area (Å²) in [6.45, 7) is 10.6. The average Bonchev–Trinajstić information content (AvgIpc) is 2.40. The molecule has 0 aliphatic carbocycles. The molecule has 2 fully saturated rings. The summed E-state index contributed by atoms with van der Waals surface area (Å²) in [6, 6.07) is 0.472. The van der Waals surface area contributed by atoms with Crippen molar-refractivity contribution in [3.63, 3.8) is 0 Å². The van der Waals surface area contributed by atoms with E-state index in [-0.39, 0.29) is 0 Å². The van der Waals surface area contributed by atoms with E-state index in [0.29, 0.717) is 12.1 Å². The number of nitrogens with two attached hydrogens (primary N) is 1. The Balaban J connectivity index is 1.82. The summed E-state index contributed by atoms with van der Waals surface area (Å²) in [5.41, 5.74) is 5.61. The van der Waals surface area contributed by atoms with Gasteiger partial charge < -0.3 is 15.2 Å². The van der Waals surface area contributed by atoms with E-state index in [1.165, 1.54) is 0 Å². The summed E-state index contributed by atoms with van der Waals surface area (Å²) in [5.74, 6) is 0. The normalized spacial score (nSPS) is 30.4. The van der Waals surface area contributed by atoms with Crippen molar-refractivity contribution in [1.82, 2.24) is 9.80 Å². The Hall–Kier alpha value is -0.200. The Bertz CT molecular complexity index is 220. The molecule has 2 rings (SSSR count). The quantitative estimate of drug-likeness (QED) is 0.712. The number of ether oxygens (including phenoxy) is 2. The van der Waals surface area contributed by atoms with Crippen molar-refractivity contribution in [2.24, 2.45) is 5.73 Å². The number of hydrogen-bond donors (Lipinski definition) is 1. The fourth-order valence-electron chi connectivity index (χ4n) is 2.63. The number of nitrogens with zero attached hydrogens (tertiary/aromatic N) is 2. The van der Waals surface area contributed by atoms with Gasteiger partial charge in [0.2, 0.25) is 0 Å². The van der Waals surface area contributed by atoms with E-state index in [1.54, 1.807) is 0 Å². The topological polar surface area (TPSA) is 51.0 Å². The smallest absolute Gasteiger partial charge is 0.0854 e. The van der Waals surface area contributed by atoms with Gasteiger partial charge in [-0.1, -0.05) is 0 Å². The molecule has 5 heteroatoms. The van der Waals surface area contributed by atoms with Crippen molar-refractivity contribution >= 4 is 0 Å². The Morgan fingerprint density at radius 1 is 1.24 bits per heavy atom. The molecule has 0 aromatic carbocycles. The summed E-state index contributed by atoms with van der Waals surface area (Å²) < 4.78 is 11.3. The molecule has 0 bridgehead atoms. The SMILES string of the molecule is CC(C1CN(CCN)CCO1)N1CCOCC1. The minimum absolute atomic E-state index is 0.313. The van der Waals surface area contributed by atoms with Crippen LogP contribution in [0.5, 0.6) is 0 Å². The van der Waals surface area contributed by atoms with E-state index in [9.17, 15) is 0 Å². The third kappa shape index (κ3) is 3.63. The highest BCUT2D eigenvalue weighted by Gasteiger charge is 2.29. The molecule has 0 amide bonds. The predicted octanol–water partition coefficient (Wildman–Crippen LogP) is -0.633. The first-order valence-electron chi connectivity index (χ1n) is 6.67. The molecule has 2 aliphatic rings. The van der Waals surface area contributed by atoms with E-state index in [2.05, 4.69) is 16.7 Å². The minimum atomic E-state index is 0.313. The molecule has 2 saturated heterocycles. The molecule has 0 radical (unpaired) electrons. The maximum atomic E-state index is 5.90. The minimum Gasteiger partial charge on any atom is -0.379 e. The molecule has 17 heavy (non-hydrogen) atoms. The van der Waals surface area contributed by atoms with Gasteiger partial charge in [0, 0.05) is 45.3 Å². The molecule has 5 nitrogen and oxygen atoms in total. The molecule has 0 aromatic heterocycles. The summed E-state index contributed by atoms with van der Waals surface area (Å²) in [6.07, 6.45) is 0.313. The zero-order chi connectivity index (χ0) is 12.1. The zero-order valence-corrected chi connectivity index (χ0v) is 10.8. The fourth-order valence-corrected chi connectivity index (χ4v) is 2.63. The van der Waals surface area contributed by atoms with Crippen LogP contribution in [0.3, 0.4) is 0 Å². The Kier molecular flexibility index (Phi) is 5.18. The average molecular weight is 243 g/mol. The Labute approximate surface area is 104 Å². The molecule has 100 valence electrons. The van der Waals surface area contributed by atoms with Gasteiger partial charge in [0.15, 0.2) is 0 Å². The standard InChI is InChI=1S/C12H25N3O2/c1-11(15-5-7-16-8-6-15)12-10-14(3-2-13)4-9-17-12/h11-12H,2-10,13H2,1H3. The van der Waals surface area contributed by atoms with Crippen molar-refractivity contribution in [3.8, 4) is 0 Å². The Morgan fingerprint density at radius 3 is 2.71 bits per heavy atom. The highest BCUT2D eigenvalue weighted by atomic mass is 16.5. The molecular weight excluding hydrogens is 218 g/mol. The van der Waals surface area contributed by atoms with E-state index in [1.807, 2.05) is 0 Å². The predicted molar refractivity (Wildman–Crippen MR) is 67.1 cm³/mol. The van der Waals surface area contributed by atoms with Gasteiger partial charge in [-0.2, -0.15) is 0 Å². The second kappa shape index (κ2) is 6.66. The van der Waals surface area contributed by atoms with Crippen LogP contribution in [0.4, 0.5) is 0 Å². The highest BCUT2D eigenvalue weighted by Crippen LogP contribution is 2.14.